The largest absolute Gasteiger partial charge is 0.370 e. The Morgan fingerprint density at radius 2 is 2.30 bits per heavy atom. The molecule has 2 aromatic rings. The fraction of sp³-hybridized carbons (Fsp3) is 0.357. The predicted octanol–water partition coefficient (Wildman–Crippen LogP) is 2.63. The van der Waals surface area contributed by atoms with Crippen LogP contribution in [-0.4, -0.2) is 34.4 Å². The maximum atomic E-state index is 12.3. The number of amides is 1. The van der Waals surface area contributed by atoms with Crippen LogP contribution in [0.15, 0.2) is 29.2 Å². The number of thiazole rings is 1. The van der Waals surface area contributed by atoms with Crippen LogP contribution >= 0.6 is 11.3 Å². The number of carbonyl (C=O) groups is 1. The topological polar surface area (TPSA) is 58.1 Å². The van der Waals surface area contributed by atoms with Crippen molar-refractivity contribution in [2.75, 3.05) is 18.9 Å². The van der Waals surface area contributed by atoms with E-state index in [0.29, 0.717) is 12.1 Å². The van der Waals surface area contributed by atoms with Crippen LogP contribution in [0.5, 0.6) is 0 Å². The van der Waals surface area contributed by atoms with Gasteiger partial charge >= 0.3 is 0 Å². The summed E-state index contributed by atoms with van der Waals surface area (Å²) in [6.07, 6.45) is 2.67. The first-order valence-electron chi connectivity index (χ1n) is 6.53. The molecule has 20 heavy (non-hydrogen) atoms. The third-order valence-corrected chi connectivity index (χ3v) is 3.43. The van der Waals surface area contributed by atoms with Gasteiger partial charge in [0.2, 0.25) is 0 Å². The van der Waals surface area contributed by atoms with Gasteiger partial charge in [0.1, 0.15) is 5.82 Å². The van der Waals surface area contributed by atoms with E-state index in [1.165, 1.54) is 11.3 Å². The first-order chi connectivity index (χ1) is 9.70. The molecule has 2 heterocycles. The molecule has 2 aromatic heterocycles. The van der Waals surface area contributed by atoms with Crippen molar-refractivity contribution in [3.8, 4) is 0 Å². The van der Waals surface area contributed by atoms with Crippen molar-refractivity contribution >= 4 is 23.1 Å². The zero-order valence-electron chi connectivity index (χ0n) is 11.7. The molecule has 0 unspecified atom stereocenters. The smallest absolute Gasteiger partial charge is 0.254 e. The average Bonchev–Trinajstić information content (AvgIpc) is 2.97. The Bertz CT molecular complexity index is 556. The third-order valence-electron chi connectivity index (χ3n) is 2.79. The third kappa shape index (κ3) is 3.77. The number of pyridine rings is 1. The molecule has 0 radical (unpaired) electrons. The van der Waals surface area contributed by atoms with Gasteiger partial charge in [-0.3, -0.25) is 4.79 Å². The Balaban J connectivity index is 2.04. The quantitative estimate of drug-likeness (QED) is 0.888. The van der Waals surface area contributed by atoms with Gasteiger partial charge in [-0.05, 0) is 18.6 Å². The van der Waals surface area contributed by atoms with Gasteiger partial charge in [0.05, 0.1) is 17.7 Å². The number of anilines is 1. The maximum absolute atomic E-state index is 12.3. The summed E-state index contributed by atoms with van der Waals surface area (Å²) in [5, 5.41) is 5.13. The summed E-state index contributed by atoms with van der Waals surface area (Å²) in [4.78, 5) is 22.4. The molecule has 0 spiro atoms. The second-order valence-corrected chi connectivity index (χ2v) is 5.22. The summed E-state index contributed by atoms with van der Waals surface area (Å²) >= 11 is 1.53. The Kier molecular flexibility index (Phi) is 5.06. The van der Waals surface area contributed by atoms with E-state index in [1.54, 1.807) is 35.8 Å². The molecule has 0 aliphatic carbocycles. The first kappa shape index (κ1) is 14.5. The number of rotatable bonds is 6. The molecule has 0 aromatic carbocycles. The fourth-order valence-electron chi connectivity index (χ4n) is 1.76. The molecule has 0 saturated carbocycles. The molecule has 5 nitrogen and oxygen atoms in total. The van der Waals surface area contributed by atoms with Crippen LogP contribution in [-0.2, 0) is 6.54 Å². The van der Waals surface area contributed by atoms with Crippen molar-refractivity contribution in [1.82, 2.24) is 14.9 Å². The predicted molar refractivity (Wildman–Crippen MR) is 80.9 cm³/mol. The standard InChI is InChI=1S/C14H18N4OS/c1-3-5-15-13-7-11(4-6-16-13)14(19)18(2)8-12-9-20-10-17-12/h4,6-7,9-10H,3,5,8H2,1-2H3,(H,15,16). The van der Waals surface area contributed by atoms with Crippen molar-refractivity contribution in [3.63, 3.8) is 0 Å². The molecule has 0 atom stereocenters. The summed E-state index contributed by atoms with van der Waals surface area (Å²) in [6.45, 7) is 3.45. The van der Waals surface area contributed by atoms with E-state index in [-0.39, 0.29) is 5.91 Å². The molecular formula is C14H18N4OS. The van der Waals surface area contributed by atoms with Gasteiger partial charge in [-0.1, -0.05) is 6.92 Å². The zero-order valence-corrected chi connectivity index (χ0v) is 12.5. The molecule has 0 saturated heterocycles. The van der Waals surface area contributed by atoms with Crippen LogP contribution in [0.2, 0.25) is 0 Å². The minimum Gasteiger partial charge on any atom is -0.370 e. The van der Waals surface area contributed by atoms with Gasteiger partial charge in [0.25, 0.3) is 5.91 Å². The highest BCUT2D eigenvalue weighted by molar-refractivity contribution is 7.07. The van der Waals surface area contributed by atoms with Gasteiger partial charge < -0.3 is 10.2 Å². The lowest BCUT2D eigenvalue weighted by Crippen LogP contribution is -2.26. The molecule has 0 fully saturated rings. The van der Waals surface area contributed by atoms with Crippen LogP contribution < -0.4 is 5.32 Å². The molecule has 1 N–H and O–H groups in total. The Morgan fingerprint density at radius 1 is 1.45 bits per heavy atom. The van der Waals surface area contributed by atoms with E-state index in [2.05, 4.69) is 22.2 Å². The Hall–Kier alpha value is -1.95. The lowest BCUT2D eigenvalue weighted by Gasteiger charge is -2.16. The minimum atomic E-state index is -0.0278. The Morgan fingerprint density at radius 3 is 3.00 bits per heavy atom. The Labute approximate surface area is 122 Å². The maximum Gasteiger partial charge on any atom is 0.254 e. The number of aromatic nitrogens is 2. The number of carbonyl (C=O) groups excluding carboxylic acids is 1. The lowest BCUT2D eigenvalue weighted by molar-refractivity contribution is 0.0783. The second kappa shape index (κ2) is 7.00. The monoisotopic (exact) mass is 290 g/mol. The highest BCUT2D eigenvalue weighted by Gasteiger charge is 2.13. The van der Waals surface area contributed by atoms with E-state index in [9.17, 15) is 4.79 Å². The summed E-state index contributed by atoms with van der Waals surface area (Å²) in [5.41, 5.74) is 3.31. The van der Waals surface area contributed by atoms with Gasteiger partial charge in [-0.15, -0.1) is 11.3 Å². The van der Waals surface area contributed by atoms with Crippen molar-refractivity contribution in [3.05, 3.63) is 40.5 Å². The number of nitrogens with one attached hydrogen (secondary N) is 1. The van der Waals surface area contributed by atoms with Crippen molar-refractivity contribution in [2.24, 2.45) is 0 Å². The van der Waals surface area contributed by atoms with Crippen LogP contribution in [0.3, 0.4) is 0 Å². The van der Waals surface area contributed by atoms with Crippen LogP contribution in [0, 0.1) is 0 Å². The number of nitrogens with zero attached hydrogens (tertiary/aromatic N) is 3. The van der Waals surface area contributed by atoms with Crippen molar-refractivity contribution in [1.29, 1.82) is 0 Å². The fourth-order valence-corrected chi connectivity index (χ4v) is 2.31. The minimum absolute atomic E-state index is 0.0278. The van der Waals surface area contributed by atoms with E-state index in [4.69, 9.17) is 0 Å². The molecule has 106 valence electrons. The van der Waals surface area contributed by atoms with Gasteiger partial charge in [0, 0.05) is 30.7 Å². The lowest BCUT2D eigenvalue weighted by atomic mass is 10.2. The van der Waals surface area contributed by atoms with Gasteiger partial charge in [0.15, 0.2) is 0 Å². The van der Waals surface area contributed by atoms with E-state index in [1.807, 2.05) is 5.38 Å². The highest BCUT2D eigenvalue weighted by Crippen LogP contribution is 2.11. The molecule has 0 bridgehead atoms. The van der Waals surface area contributed by atoms with Gasteiger partial charge in [-0.25, -0.2) is 9.97 Å². The normalized spacial score (nSPS) is 10.3. The summed E-state index contributed by atoms with van der Waals surface area (Å²) < 4.78 is 0. The van der Waals surface area contributed by atoms with Crippen LogP contribution in [0.4, 0.5) is 5.82 Å². The van der Waals surface area contributed by atoms with Crippen molar-refractivity contribution in [2.45, 2.75) is 19.9 Å². The molecule has 2 rings (SSSR count). The van der Waals surface area contributed by atoms with E-state index in [0.717, 1.165) is 24.5 Å². The highest BCUT2D eigenvalue weighted by atomic mass is 32.1. The van der Waals surface area contributed by atoms with E-state index < -0.39 is 0 Å². The van der Waals surface area contributed by atoms with Crippen molar-refractivity contribution < 1.29 is 4.79 Å². The molecule has 6 heteroatoms. The second-order valence-electron chi connectivity index (χ2n) is 4.50. The number of hydrogen-bond donors (Lipinski definition) is 1. The first-order valence-corrected chi connectivity index (χ1v) is 7.47. The summed E-state index contributed by atoms with van der Waals surface area (Å²) in [7, 11) is 1.78. The average molecular weight is 290 g/mol. The summed E-state index contributed by atoms with van der Waals surface area (Å²) in [5.74, 6) is 0.708. The van der Waals surface area contributed by atoms with Crippen LogP contribution in [0.1, 0.15) is 29.4 Å². The number of hydrogen-bond acceptors (Lipinski definition) is 5. The SMILES string of the molecule is CCCNc1cc(C(=O)N(C)Cc2cscn2)ccn1. The zero-order chi connectivity index (χ0) is 14.4. The van der Waals surface area contributed by atoms with Crippen LogP contribution in [0.25, 0.3) is 0 Å². The molecular weight excluding hydrogens is 272 g/mol. The van der Waals surface area contributed by atoms with E-state index >= 15 is 0 Å². The molecule has 0 aliphatic heterocycles. The van der Waals surface area contributed by atoms with Gasteiger partial charge in [-0.2, -0.15) is 0 Å². The molecule has 0 aliphatic rings. The summed E-state index contributed by atoms with van der Waals surface area (Å²) in [6, 6.07) is 3.52. The molecule has 1 amide bonds.